The Bertz CT molecular complexity index is 772. The lowest BCUT2D eigenvalue weighted by Gasteiger charge is -2.09. The first-order chi connectivity index (χ1) is 12.4. The number of hydrogen-bond acceptors (Lipinski definition) is 2. The molecule has 0 saturated carbocycles. The van der Waals surface area contributed by atoms with Crippen molar-refractivity contribution in [1.82, 2.24) is 4.98 Å². The van der Waals surface area contributed by atoms with E-state index < -0.39 is 0 Å². The van der Waals surface area contributed by atoms with E-state index in [9.17, 15) is 0 Å². The van der Waals surface area contributed by atoms with Gasteiger partial charge in [-0.2, -0.15) is 0 Å². The van der Waals surface area contributed by atoms with Gasteiger partial charge in [0.1, 0.15) is 0 Å². The second-order valence-corrected chi connectivity index (χ2v) is 6.06. The van der Waals surface area contributed by atoms with Crippen molar-refractivity contribution >= 4 is 18.0 Å². The Morgan fingerprint density at radius 3 is 2.04 bits per heavy atom. The van der Waals surface area contributed by atoms with Crippen molar-refractivity contribution < 1.29 is 0 Å². The Hall–Kier alpha value is -2.42. The second-order valence-electron chi connectivity index (χ2n) is 6.06. The van der Waals surface area contributed by atoms with Crippen LogP contribution in [0.25, 0.3) is 5.57 Å². The highest BCUT2D eigenvalue weighted by Crippen LogP contribution is 2.24. The predicted octanol–water partition coefficient (Wildman–Crippen LogP) is 5.42. The molecule has 3 aromatic rings. The summed E-state index contributed by atoms with van der Waals surface area (Å²) in [5, 5.41) is 0. The number of unbranched alkanes of at least 4 members (excludes halogenated alkanes) is 1. The highest BCUT2D eigenvalue weighted by molar-refractivity contribution is 5.85. The zero-order valence-corrected chi connectivity index (χ0v) is 15.7. The third-order valence-corrected chi connectivity index (χ3v) is 4.35. The van der Waals surface area contributed by atoms with Crippen LogP contribution in [0.2, 0.25) is 0 Å². The van der Waals surface area contributed by atoms with Crippen molar-refractivity contribution in [2.75, 3.05) is 0 Å². The molecule has 0 saturated heterocycles. The van der Waals surface area contributed by atoms with Gasteiger partial charge in [-0.25, -0.2) is 0 Å². The normalized spacial score (nSPS) is 10.0. The van der Waals surface area contributed by atoms with Gasteiger partial charge in [-0.1, -0.05) is 72.8 Å². The summed E-state index contributed by atoms with van der Waals surface area (Å²) >= 11 is 0. The smallest absolute Gasteiger partial charge is 0.0571 e. The lowest BCUT2D eigenvalue weighted by atomic mass is 9.96. The van der Waals surface area contributed by atoms with Gasteiger partial charge in [0.2, 0.25) is 0 Å². The number of aromatic nitrogens is 1. The Balaban J connectivity index is 0.00000243. The van der Waals surface area contributed by atoms with E-state index in [-0.39, 0.29) is 12.4 Å². The number of nitrogens with two attached hydrogens (primary N) is 1. The summed E-state index contributed by atoms with van der Waals surface area (Å²) in [5.74, 6) is 0. The number of nitrogens with zero attached hydrogens (tertiary/aromatic N) is 1. The monoisotopic (exact) mass is 364 g/mol. The van der Waals surface area contributed by atoms with Crippen LogP contribution in [-0.2, 0) is 13.0 Å². The fraction of sp³-hybridized carbons (Fsp3) is 0.174. The van der Waals surface area contributed by atoms with Crippen LogP contribution in [0.1, 0.15) is 35.2 Å². The summed E-state index contributed by atoms with van der Waals surface area (Å²) in [5.41, 5.74) is 11.9. The summed E-state index contributed by atoms with van der Waals surface area (Å²) < 4.78 is 0. The molecule has 0 radical (unpaired) electrons. The molecular formula is C23H25ClN2. The fourth-order valence-corrected chi connectivity index (χ4v) is 3.06. The maximum Gasteiger partial charge on any atom is 0.0571 e. The average Bonchev–Trinajstić information content (AvgIpc) is 2.69. The van der Waals surface area contributed by atoms with Crippen LogP contribution in [0, 0.1) is 0 Å². The van der Waals surface area contributed by atoms with Crippen LogP contribution in [0.15, 0.2) is 85.1 Å². The van der Waals surface area contributed by atoms with E-state index in [1.807, 2.05) is 12.3 Å². The maximum absolute atomic E-state index is 5.78. The number of halogens is 1. The van der Waals surface area contributed by atoms with Gasteiger partial charge in [0.05, 0.1) is 5.69 Å². The molecule has 0 fully saturated rings. The van der Waals surface area contributed by atoms with Crippen molar-refractivity contribution in [3.63, 3.8) is 0 Å². The molecule has 0 amide bonds. The van der Waals surface area contributed by atoms with Crippen LogP contribution in [0.3, 0.4) is 0 Å². The molecule has 3 heteroatoms. The molecule has 1 heterocycles. The summed E-state index contributed by atoms with van der Waals surface area (Å²) in [7, 11) is 0. The number of rotatable bonds is 7. The second kappa shape index (κ2) is 10.5. The molecule has 134 valence electrons. The predicted molar refractivity (Wildman–Crippen MR) is 112 cm³/mol. The minimum Gasteiger partial charge on any atom is -0.325 e. The van der Waals surface area contributed by atoms with Gasteiger partial charge in [0.15, 0.2) is 0 Å². The first kappa shape index (κ1) is 19.9. The molecule has 0 aliphatic heterocycles. The van der Waals surface area contributed by atoms with Crippen LogP contribution in [0.4, 0.5) is 0 Å². The molecule has 0 aliphatic rings. The SMILES string of the molecule is Cl.NCc1ncccc1CCCC=C(c1ccccc1)c1ccccc1. The van der Waals surface area contributed by atoms with Crippen LogP contribution in [0.5, 0.6) is 0 Å². The number of aryl methyl sites for hydroxylation is 1. The third-order valence-electron chi connectivity index (χ3n) is 4.35. The Morgan fingerprint density at radius 2 is 1.46 bits per heavy atom. The summed E-state index contributed by atoms with van der Waals surface area (Å²) in [6.07, 6.45) is 7.28. The number of allylic oxidation sites excluding steroid dienone is 1. The molecule has 26 heavy (non-hydrogen) atoms. The zero-order chi connectivity index (χ0) is 17.3. The highest BCUT2D eigenvalue weighted by atomic mass is 35.5. The van der Waals surface area contributed by atoms with E-state index in [1.165, 1.54) is 22.3 Å². The van der Waals surface area contributed by atoms with Crippen LogP contribution >= 0.6 is 12.4 Å². The van der Waals surface area contributed by atoms with Crippen molar-refractivity contribution in [3.8, 4) is 0 Å². The van der Waals surface area contributed by atoms with Crippen molar-refractivity contribution in [1.29, 1.82) is 0 Å². The Morgan fingerprint density at radius 1 is 0.846 bits per heavy atom. The molecule has 0 unspecified atom stereocenters. The zero-order valence-electron chi connectivity index (χ0n) is 14.8. The maximum atomic E-state index is 5.78. The number of hydrogen-bond donors (Lipinski definition) is 1. The van der Waals surface area contributed by atoms with Gasteiger partial charge in [0.25, 0.3) is 0 Å². The van der Waals surface area contributed by atoms with Crippen molar-refractivity contribution in [2.24, 2.45) is 5.73 Å². The van der Waals surface area contributed by atoms with Crippen molar-refractivity contribution in [2.45, 2.75) is 25.8 Å². The van der Waals surface area contributed by atoms with Crippen LogP contribution in [-0.4, -0.2) is 4.98 Å². The summed E-state index contributed by atoms with van der Waals surface area (Å²) in [6, 6.07) is 25.3. The Kier molecular flexibility index (Phi) is 8.07. The molecular weight excluding hydrogens is 340 g/mol. The van der Waals surface area contributed by atoms with E-state index in [4.69, 9.17) is 5.73 Å². The first-order valence-corrected chi connectivity index (χ1v) is 8.82. The first-order valence-electron chi connectivity index (χ1n) is 8.82. The molecule has 3 rings (SSSR count). The van der Waals surface area contributed by atoms with Gasteiger partial charge in [0, 0.05) is 12.7 Å². The van der Waals surface area contributed by atoms with E-state index in [0.29, 0.717) is 6.54 Å². The van der Waals surface area contributed by atoms with E-state index in [0.717, 1.165) is 25.0 Å². The van der Waals surface area contributed by atoms with Gasteiger partial charge in [-0.3, -0.25) is 4.98 Å². The lowest BCUT2D eigenvalue weighted by molar-refractivity contribution is 0.815. The largest absolute Gasteiger partial charge is 0.325 e. The van der Waals surface area contributed by atoms with Gasteiger partial charge in [-0.15, -0.1) is 12.4 Å². The molecule has 0 bridgehead atoms. The molecule has 1 aromatic heterocycles. The van der Waals surface area contributed by atoms with Gasteiger partial charge in [-0.05, 0) is 47.6 Å². The third kappa shape index (κ3) is 5.29. The summed E-state index contributed by atoms with van der Waals surface area (Å²) in [6.45, 7) is 0.505. The highest BCUT2D eigenvalue weighted by Gasteiger charge is 2.05. The number of pyridine rings is 1. The quantitative estimate of drug-likeness (QED) is 0.569. The van der Waals surface area contributed by atoms with E-state index in [2.05, 4.69) is 77.8 Å². The fourth-order valence-electron chi connectivity index (χ4n) is 3.06. The van der Waals surface area contributed by atoms with E-state index >= 15 is 0 Å². The Labute approximate surface area is 162 Å². The minimum absolute atomic E-state index is 0. The average molecular weight is 365 g/mol. The summed E-state index contributed by atoms with van der Waals surface area (Å²) in [4.78, 5) is 4.37. The molecule has 2 nitrogen and oxygen atoms in total. The molecule has 0 atom stereocenters. The van der Waals surface area contributed by atoms with Gasteiger partial charge < -0.3 is 5.73 Å². The van der Waals surface area contributed by atoms with Crippen molar-refractivity contribution in [3.05, 3.63) is 107 Å². The molecule has 2 N–H and O–H groups in total. The topological polar surface area (TPSA) is 38.9 Å². The molecule has 0 spiro atoms. The van der Waals surface area contributed by atoms with Gasteiger partial charge >= 0.3 is 0 Å². The standard InChI is InChI=1S/C23H24N2.ClH/c24-18-23-21(15-9-17-25-23)14-7-8-16-22(19-10-3-1-4-11-19)20-12-5-2-6-13-20;/h1-6,9-13,15-17H,7-8,14,18,24H2;1H. The molecule has 2 aromatic carbocycles. The molecule has 0 aliphatic carbocycles. The minimum atomic E-state index is 0. The van der Waals surface area contributed by atoms with E-state index in [1.54, 1.807) is 0 Å². The van der Waals surface area contributed by atoms with Crippen LogP contribution < -0.4 is 5.73 Å². The number of benzene rings is 2. The lowest BCUT2D eigenvalue weighted by Crippen LogP contribution is -2.04.